The summed E-state index contributed by atoms with van der Waals surface area (Å²) in [6.07, 6.45) is 3.89. The van der Waals surface area contributed by atoms with E-state index in [9.17, 15) is 0 Å². The first-order chi connectivity index (χ1) is 9.60. The summed E-state index contributed by atoms with van der Waals surface area (Å²) in [7, 11) is 0. The van der Waals surface area contributed by atoms with Crippen LogP contribution < -0.4 is 5.32 Å². The molecule has 2 heterocycles. The topological polar surface area (TPSA) is 42.2 Å². The van der Waals surface area contributed by atoms with E-state index < -0.39 is 0 Å². The summed E-state index contributed by atoms with van der Waals surface area (Å²) in [5.41, 5.74) is 5.26. The minimum Gasteiger partial charge on any atom is -0.381 e. The van der Waals surface area contributed by atoms with Crippen LogP contribution >= 0.6 is 15.9 Å². The van der Waals surface area contributed by atoms with Crippen LogP contribution in [0.4, 0.5) is 5.69 Å². The van der Waals surface area contributed by atoms with Crippen molar-refractivity contribution in [1.82, 2.24) is 14.6 Å². The molecule has 1 N–H and O–H groups in total. The summed E-state index contributed by atoms with van der Waals surface area (Å²) in [5, 5.41) is 7.78. The second-order valence-electron chi connectivity index (χ2n) is 4.92. The predicted octanol–water partition coefficient (Wildman–Crippen LogP) is 3.72. The summed E-state index contributed by atoms with van der Waals surface area (Å²) >= 11 is 3.51. The number of anilines is 1. The Balaban J connectivity index is 1.79. The minimum absolute atomic E-state index is 0.720. The van der Waals surface area contributed by atoms with Gasteiger partial charge in [0.2, 0.25) is 0 Å². The van der Waals surface area contributed by atoms with Crippen molar-refractivity contribution in [3.63, 3.8) is 0 Å². The van der Waals surface area contributed by atoms with E-state index in [2.05, 4.69) is 56.5 Å². The SMILES string of the molecule is Cc1cc(Br)cc(NCc2cnc3cc(C)nn3c2)c1. The van der Waals surface area contributed by atoms with E-state index in [1.807, 2.05) is 29.9 Å². The normalized spacial score (nSPS) is 10.9. The van der Waals surface area contributed by atoms with E-state index in [1.165, 1.54) is 5.56 Å². The van der Waals surface area contributed by atoms with Gasteiger partial charge in [-0.3, -0.25) is 0 Å². The number of hydrogen-bond acceptors (Lipinski definition) is 3. The van der Waals surface area contributed by atoms with Gasteiger partial charge in [0.25, 0.3) is 0 Å². The molecule has 1 aromatic carbocycles. The Morgan fingerprint density at radius 3 is 2.85 bits per heavy atom. The van der Waals surface area contributed by atoms with Gasteiger partial charge in [0.05, 0.1) is 5.69 Å². The zero-order valence-corrected chi connectivity index (χ0v) is 13.0. The van der Waals surface area contributed by atoms with Gasteiger partial charge in [0, 0.05) is 40.7 Å². The Labute approximate surface area is 126 Å². The molecule has 0 bridgehead atoms. The van der Waals surface area contributed by atoms with Gasteiger partial charge >= 0.3 is 0 Å². The highest BCUT2D eigenvalue weighted by molar-refractivity contribution is 9.10. The second-order valence-corrected chi connectivity index (χ2v) is 5.84. The molecule has 5 heteroatoms. The van der Waals surface area contributed by atoms with Crippen molar-refractivity contribution in [2.24, 2.45) is 0 Å². The zero-order chi connectivity index (χ0) is 14.1. The molecule has 0 aliphatic carbocycles. The van der Waals surface area contributed by atoms with Crippen molar-refractivity contribution in [3.8, 4) is 0 Å². The molecule has 0 aliphatic rings. The largest absolute Gasteiger partial charge is 0.381 e. The molecule has 3 aromatic rings. The Kier molecular flexibility index (Phi) is 3.44. The first-order valence-electron chi connectivity index (χ1n) is 6.42. The summed E-state index contributed by atoms with van der Waals surface area (Å²) in [6, 6.07) is 8.24. The molecule has 0 aliphatic heterocycles. The molecular formula is C15H15BrN4. The molecule has 0 fully saturated rings. The minimum atomic E-state index is 0.720. The monoisotopic (exact) mass is 330 g/mol. The fourth-order valence-corrected chi connectivity index (χ4v) is 2.78. The number of benzene rings is 1. The van der Waals surface area contributed by atoms with Gasteiger partial charge in [0.15, 0.2) is 5.65 Å². The van der Waals surface area contributed by atoms with Crippen molar-refractivity contribution in [2.75, 3.05) is 5.32 Å². The Bertz CT molecular complexity index is 743. The molecule has 0 spiro atoms. The van der Waals surface area contributed by atoms with Gasteiger partial charge in [-0.15, -0.1) is 0 Å². The maximum Gasteiger partial charge on any atom is 0.155 e. The van der Waals surface area contributed by atoms with Crippen molar-refractivity contribution < 1.29 is 0 Å². The lowest BCUT2D eigenvalue weighted by molar-refractivity contribution is 0.895. The predicted molar refractivity (Wildman–Crippen MR) is 83.9 cm³/mol. The number of aryl methyl sites for hydroxylation is 2. The summed E-state index contributed by atoms with van der Waals surface area (Å²) < 4.78 is 2.90. The molecule has 0 unspecified atom stereocenters. The third kappa shape index (κ3) is 2.82. The number of rotatable bonds is 3. The van der Waals surface area contributed by atoms with Gasteiger partial charge in [0.1, 0.15) is 0 Å². The van der Waals surface area contributed by atoms with Crippen LogP contribution in [0.5, 0.6) is 0 Å². The summed E-state index contributed by atoms with van der Waals surface area (Å²) in [4.78, 5) is 4.40. The molecule has 102 valence electrons. The van der Waals surface area contributed by atoms with Crippen LogP contribution in [0.2, 0.25) is 0 Å². The van der Waals surface area contributed by atoms with Crippen molar-refractivity contribution in [2.45, 2.75) is 20.4 Å². The second kappa shape index (κ2) is 5.25. The van der Waals surface area contributed by atoms with Crippen LogP contribution in [0, 0.1) is 13.8 Å². The fraction of sp³-hybridized carbons (Fsp3) is 0.200. The van der Waals surface area contributed by atoms with Gasteiger partial charge in [-0.1, -0.05) is 15.9 Å². The molecular weight excluding hydrogens is 316 g/mol. The number of nitrogens with one attached hydrogen (secondary N) is 1. The average Bonchev–Trinajstić information content (AvgIpc) is 2.74. The van der Waals surface area contributed by atoms with Gasteiger partial charge in [-0.25, -0.2) is 9.50 Å². The van der Waals surface area contributed by atoms with Crippen molar-refractivity contribution in [1.29, 1.82) is 0 Å². The Morgan fingerprint density at radius 1 is 1.20 bits per heavy atom. The highest BCUT2D eigenvalue weighted by Gasteiger charge is 2.01. The van der Waals surface area contributed by atoms with E-state index >= 15 is 0 Å². The number of halogens is 1. The van der Waals surface area contributed by atoms with Gasteiger partial charge in [-0.05, 0) is 37.6 Å². The molecule has 4 nitrogen and oxygen atoms in total. The Morgan fingerprint density at radius 2 is 2.05 bits per heavy atom. The molecule has 20 heavy (non-hydrogen) atoms. The van der Waals surface area contributed by atoms with Crippen LogP contribution in [0.15, 0.2) is 41.1 Å². The van der Waals surface area contributed by atoms with E-state index in [1.54, 1.807) is 0 Å². The number of aromatic nitrogens is 3. The third-order valence-electron chi connectivity index (χ3n) is 3.03. The van der Waals surface area contributed by atoms with Crippen LogP contribution in [-0.4, -0.2) is 14.6 Å². The fourth-order valence-electron chi connectivity index (χ4n) is 2.17. The van der Waals surface area contributed by atoms with Crippen LogP contribution in [0.25, 0.3) is 5.65 Å². The molecule has 0 amide bonds. The number of nitrogens with zero attached hydrogens (tertiary/aromatic N) is 3. The maximum absolute atomic E-state index is 4.40. The first kappa shape index (κ1) is 13.1. The zero-order valence-electron chi connectivity index (χ0n) is 11.4. The van der Waals surface area contributed by atoms with Crippen LogP contribution in [0.3, 0.4) is 0 Å². The lowest BCUT2D eigenvalue weighted by Gasteiger charge is -2.08. The summed E-state index contributed by atoms with van der Waals surface area (Å²) in [5.74, 6) is 0. The smallest absolute Gasteiger partial charge is 0.155 e. The highest BCUT2D eigenvalue weighted by atomic mass is 79.9. The van der Waals surface area contributed by atoms with E-state index in [-0.39, 0.29) is 0 Å². The van der Waals surface area contributed by atoms with Crippen LogP contribution in [-0.2, 0) is 6.54 Å². The summed E-state index contributed by atoms with van der Waals surface area (Å²) in [6.45, 7) is 4.77. The number of hydrogen-bond donors (Lipinski definition) is 1. The molecule has 2 aromatic heterocycles. The van der Waals surface area contributed by atoms with E-state index in [0.717, 1.165) is 33.6 Å². The molecule has 3 rings (SSSR count). The van der Waals surface area contributed by atoms with E-state index in [0.29, 0.717) is 0 Å². The maximum atomic E-state index is 4.40. The molecule has 0 saturated carbocycles. The molecule has 0 atom stereocenters. The highest BCUT2D eigenvalue weighted by Crippen LogP contribution is 2.19. The quantitative estimate of drug-likeness (QED) is 0.795. The van der Waals surface area contributed by atoms with Gasteiger partial charge in [-0.2, -0.15) is 5.10 Å². The lowest BCUT2D eigenvalue weighted by atomic mass is 10.2. The van der Waals surface area contributed by atoms with Crippen molar-refractivity contribution >= 4 is 27.3 Å². The van der Waals surface area contributed by atoms with Crippen molar-refractivity contribution in [3.05, 3.63) is 58.0 Å². The van der Waals surface area contributed by atoms with Crippen LogP contribution in [0.1, 0.15) is 16.8 Å². The van der Waals surface area contributed by atoms with E-state index in [4.69, 9.17) is 0 Å². The molecule has 0 radical (unpaired) electrons. The number of fused-ring (bicyclic) bond motifs is 1. The first-order valence-corrected chi connectivity index (χ1v) is 7.21. The average molecular weight is 331 g/mol. The third-order valence-corrected chi connectivity index (χ3v) is 3.49. The Hall–Kier alpha value is -1.88. The van der Waals surface area contributed by atoms with Gasteiger partial charge < -0.3 is 5.32 Å². The molecule has 0 saturated heterocycles. The standard InChI is InChI=1S/C15H15BrN4/c1-10-3-13(16)6-14(4-10)17-7-12-8-18-15-5-11(2)19-20(15)9-12/h3-6,8-9,17H,7H2,1-2H3. The lowest BCUT2D eigenvalue weighted by Crippen LogP contribution is -2.02.